The van der Waals surface area contributed by atoms with Gasteiger partial charge in [0.25, 0.3) is 5.91 Å². The van der Waals surface area contributed by atoms with Crippen molar-refractivity contribution in [2.45, 2.75) is 24.0 Å². The Bertz CT molecular complexity index is 509. The van der Waals surface area contributed by atoms with Gasteiger partial charge in [-0.1, -0.05) is 6.92 Å². The summed E-state index contributed by atoms with van der Waals surface area (Å²) in [5, 5.41) is 4.92. The van der Waals surface area contributed by atoms with E-state index in [1.807, 2.05) is 36.7 Å². The second-order valence-corrected chi connectivity index (χ2v) is 5.82. The van der Waals surface area contributed by atoms with Gasteiger partial charge in [-0.05, 0) is 30.7 Å². The van der Waals surface area contributed by atoms with E-state index in [0.717, 1.165) is 29.3 Å². The number of nitrogens with one attached hydrogen (secondary N) is 1. The first-order chi connectivity index (χ1) is 9.29. The van der Waals surface area contributed by atoms with E-state index in [2.05, 4.69) is 15.7 Å². The molecular weight excluding hydrogens is 276 g/mol. The molecule has 1 heterocycles. The Kier molecular flexibility index (Phi) is 5.42. The number of nitrogens with zero attached hydrogens (tertiary/aromatic N) is 1. The summed E-state index contributed by atoms with van der Waals surface area (Å²) in [6.45, 7) is 2.76. The summed E-state index contributed by atoms with van der Waals surface area (Å²) in [5.74, 6) is 0.864. The quantitative estimate of drug-likeness (QED) is 0.828. The summed E-state index contributed by atoms with van der Waals surface area (Å²) in [6.07, 6.45) is 0.952. The third-order valence-electron chi connectivity index (χ3n) is 2.52. The van der Waals surface area contributed by atoms with E-state index in [9.17, 15) is 4.79 Å². The molecule has 1 amide bonds. The molecule has 0 fully saturated rings. The topological polar surface area (TPSA) is 42.0 Å². The molecule has 0 aliphatic carbocycles. The largest absolute Gasteiger partial charge is 0.352 e. The number of benzene rings is 1. The fraction of sp³-hybridized carbons (Fsp3) is 0.286. The molecule has 19 heavy (non-hydrogen) atoms. The van der Waals surface area contributed by atoms with Crippen molar-refractivity contribution in [1.29, 1.82) is 0 Å². The predicted octanol–water partition coefficient (Wildman–Crippen LogP) is 3.58. The van der Waals surface area contributed by atoms with Crippen LogP contribution in [0, 0.1) is 0 Å². The number of carbonyl (C=O) groups excluding carboxylic acids is 1. The maximum Gasteiger partial charge on any atom is 0.251 e. The van der Waals surface area contributed by atoms with Crippen molar-refractivity contribution in [2.75, 3.05) is 6.54 Å². The van der Waals surface area contributed by atoms with Crippen LogP contribution in [-0.4, -0.2) is 17.4 Å². The van der Waals surface area contributed by atoms with Gasteiger partial charge in [0.15, 0.2) is 0 Å². The van der Waals surface area contributed by atoms with Crippen LogP contribution in [0.2, 0.25) is 0 Å². The van der Waals surface area contributed by atoms with Gasteiger partial charge in [0.05, 0.1) is 11.2 Å². The Morgan fingerprint density at radius 3 is 2.79 bits per heavy atom. The highest BCUT2D eigenvalue weighted by Gasteiger charge is 2.04. The van der Waals surface area contributed by atoms with Gasteiger partial charge in [-0.25, -0.2) is 4.98 Å². The van der Waals surface area contributed by atoms with Gasteiger partial charge >= 0.3 is 0 Å². The normalized spacial score (nSPS) is 10.4. The Labute approximate surface area is 121 Å². The van der Waals surface area contributed by atoms with E-state index in [4.69, 9.17) is 0 Å². The van der Waals surface area contributed by atoms with Crippen LogP contribution in [-0.2, 0) is 5.75 Å². The number of thiazole rings is 1. The molecule has 0 atom stereocenters. The van der Waals surface area contributed by atoms with E-state index in [1.54, 1.807) is 23.1 Å². The number of amides is 1. The van der Waals surface area contributed by atoms with Gasteiger partial charge in [0, 0.05) is 28.1 Å². The Morgan fingerprint density at radius 1 is 1.37 bits per heavy atom. The first-order valence-electron chi connectivity index (χ1n) is 6.17. The molecule has 0 saturated heterocycles. The molecule has 0 spiro atoms. The fourth-order valence-corrected chi connectivity index (χ4v) is 2.97. The minimum Gasteiger partial charge on any atom is -0.352 e. The van der Waals surface area contributed by atoms with E-state index >= 15 is 0 Å². The number of thioether (sulfide) groups is 1. The summed E-state index contributed by atoms with van der Waals surface area (Å²) < 4.78 is 0. The van der Waals surface area contributed by atoms with E-state index in [1.165, 1.54) is 0 Å². The molecule has 1 aromatic carbocycles. The minimum absolute atomic E-state index is 0.00194. The summed E-state index contributed by atoms with van der Waals surface area (Å²) in [7, 11) is 0. The third-order valence-corrected chi connectivity index (χ3v) is 4.20. The van der Waals surface area contributed by atoms with Crippen LogP contribution in [0.3, 0.4) is 0 Å². The van der Waals surface area contributed by atoms with Crippen LogP contribution in [0.4, 0.5) is 0 Å². The average molecular weight is 292 g/mol. The first-order valence-corrected chi connectivity index (χ1v) is 8.10. The van der Waals surface area contributed by atoms with Crippen LogP contribution in [0.1, 0.15) is 29.4 Å². The van der Waals surface area contributed by atoms with E-state index in [0.29, 0.717) is 5.56 Å². The Balaban J connectivity index is 1.89. The van der Waals surface area contributed by atoms with Crippen molar-refractivity contribution in [2.24, 2.45) is 0 Å². The standard InChI is InChI=1S/C14H16N2OS2/c1-2-7-15-14(17)11-3-5-13(6-4-11)19-9-12-8-18-10-16-12/h3-6,8,10H,2,7,9H2,1H3,(H,15,17). The summed E-state index contributed by atoms with van der Waals surface area (Å²) >= 11 is 3.34. The van der Waals surface area contributed by atoms with Crippen molar-refractivity contribution in [1.82, 2.24) is 10.3 Å². The Morgan fingerprint density at radius 2 is 2.16 bits per heavy atom. The van der Waals surface area contributed by atoms with Crippen molar-refractivity contribution in [3.05, 3.63) is 46.4 Å². The maximum absolute atomic E-state index is 11.7. The molecule has 0 aliphatic heterocycles. The average Bonchev–Trinajstić information content (AvgIpc) is 2.96. The highest BCUT2D eigenvalue weighted by atomic mass is 32.2. The molecule has 0 unspecified atom stereocenters. The molecule has 1 aromatic heterocycles. The number of hydrogen-bond donors (Lipinski definition) is 1. The van der Waals surface area contributed by atoms with Crippen LogP contribution in [0.25, 0.3) is 0 Å². The zero-order chi connectivity index (χ0) is 13.5. The minimum atomic E-state index is -0.00194. The lowest BCUT2D eigenvalue weighted by atomic mass is 10.2. The molecule has 0 radical (unpaired) electrons. The fourth-order valence-electron chi connectivity index (χ4n) is 1.51. The summed E-state index contributed by atoms with van der Waals surface area (Å²) in [4.78, 5) is 17.1. The first kappa shape index (κ1) is 14.1. The van der Waals surface area contributed by atoms with Crippen LogP contribution < -0.4 is 5.32 Å². The molecule has 100 valence electrons. The van der Waals surface area contributed by atoms with Crippen LogP contribution >= 0.6 is 23.1 Å². The highest BCUT2D eigenvalue weighted by Crippen LogP contribution is 2.22. The van der Waals surface area contributed by atoms with E-state index in [-0.39, 0.29) is 5.91 Å². The Hall–Kier alpha value is -1.33. The molecule has 2 aromatic rings. The lowest BCUT2D eigenvalue weighted by molar-refractivity contribution is 0.0953. The van der Waals surface area contributed by atoms with Gasteiger partial charge in [0.2, 0.25) is 0 Å². The molecule has 2 rings (SSSR count). The zero-order valence-electron chi connectivity index (χ0n) is 10.8. The van der Waals surface area contributed by atoms with Crippen molar-refractivity contribution < 1.29 is 4.79 Å². The number of hydrogen-bond acceptors (Lipinski definition) is 4. The number of aromatic nitrogens is 1. The SMILES string of the molecule is CCCNC(=O)c1ccc(SCc2cscn2)cc1. The number of carbonyl (C=O) groups is 1. The van der Waals surface area contributed by atoms with Crippen molar-refractivity contribution in [3.63, 3.8) is 0 Å². The van der Waals surface area contributed by atoms with Crippen LogP contribution in [0.5, 0.6) is 0 Å². The van der Waals surface area contributed by atoms with Gasteiger partial charge in [-0.15, -0.1) is 23.1 Å². The molecular formula is C14H16N2OS2. The zero-order valence-corrected chi connectivity index (χ0v) is 12.4. The summed E-state index contributed by atoms with van der Waals surface area (Å²) in [5.41, 5.74) is 3.66. The van der Waals surface area contributed by atoms with Gasteiger partial charge < -0.3 is 5.32 Å². The smallest absolute Gasteiger partial charge is 0.251 e. The second kappa shape index (κ2) is 7.31. The lowest BCUT2D eigenvalue weighted by Crippen LogP contribution is -2.23. The molecule has 0 saturated carbocycles. The predicted molar refractivity (Wildman–Crippen MR) is 80.7 cm³/mol. The monoisotopic (exact) mass is 292 g/mol. The van der Waals surface area contributed by atoms with Gasteiger partial charge in [0.1, 0.15) is 0 Å². The highest BCUT2D eigenvalue weighted by molar-refractivity contribution is 7.98. The molecule has 0 aliphatic rings. The van der Waals surface area contributed by atoms with Crippen molar-refractivity contribution >= 4 is 29.0 Å². The third kappa shape index (κ3) is 4.36. The maximum atomic E-state index is 11.7. The van der Waals surface area contributed by atoms with E-state index < -0.39 is 0 Å². The molecule has 5 heteroatoms. The van der Waals surface area contributed by atoms with Crippen molar-refractivity contribution in [3.8, 4) is 0 Å². The van der Waals surface area contributed by atoms with Gasteiger partial charge in [-0.3, -0.25) is 4.79 Å². The molecule has 3 nitrogen and oxygen atoms in total. The second-order valence-electron chi connectivity index (χ2n) is 4.05. The number of rotatable bonds is 6. The molecule has 1 N–H and O–H groups in total. The lowest BCUT2D eigenvalue weighted by Gasteiger charge is -2.04. The van der Waals surface area contributed by atoms with Gasteiger partial charge in [-0.2, -0.15) is 0 Å². The molecule has 0 bridgehead atoms. The van der Waals surface area contributed by atoms with Crippen LogP contribution in [0.15, 0.2) is 40.1 Å². The summed E-state index contributed by atoms with van der Waals surface area (Å²) in [6, 6.07) is 7.71.